The van der Waals surface area contributed by atoms with Crippen molar-refractivity contribution in [2.75, 3.05) is 31.6 Å². The van der Waals surface area contributed by atoms with E-state index in [1.165, 1.54) is 25.9 Å². The Kier molecular flexibility index (Phi) is 5.81. The van der Waals surface area contributed by atoms with E-state index < -0.39 is 0 Å². The number of nitrogens with one attached hydrogen (secondary N) is 1. The molecule has 114 valence electrons. The van der Waals surface area contributed by atoms with E-state index in [1.807, 2.05) is 0 Å². The average Bonchev–Trinajstić information content (AvgIpc) is 3.04. The molecule has 1 saturated heterocycles. The van der Waals surface area contributed by atoms with Crippen LogP contribution >= 0.6 is 11.3 Å². The Morgan fingerprint density at radius 2 is 2.35 bits per heavy atom. The lowest BCUT2D eigenvalue weighted by molar-refractivity contribution is 0.270. The minimum absolute atomic E-state index is 0.509. The molecule has 2 rings (SSSR count). The van der Waals surface area contributed by atoms with Crippen LogP contribution < -0.4 is 10.2 Å². The van der Waals surface area contributed by atoms with Crippen molar-refractivity contribution in [2.24, 2.45) is 0 Å². The third kappa shape index (κ3) is 4.17. The lowest BCUT2D eigenvalue weighted by atomic mass is 10.2. The summed E-state index contributed by atoms with van der Waals surface area (Å²) in [6, 6.07) is 1.21. The fraction of sp³-hybridized carbons (Fsp3) is 0.800. The quantitative estimate of drug-likeness (QED) is 0.838. The molecule has 0 radical (unpaired) electrons. The Bertz CT molecular complexity index is 404. The maximum atomic E-state index is 4.74. The highest BCUT2D eigenvalue weighted by Crippen LogP contribution is 2.23. The van der Waals surface area contributed by atoms with Crippen molar-refractivity contribution in [1.29, 1.82) is 0 Å². The van der Waals surface area contributed by atoms with Crippen LogP contribution in [0.5, 0.6) is 0 Å². The number of thiazole rings is 1. The van der Waals surface area contributed by atoms with Gasteiger partial charge in [0.25, 0.3) is 0 Å². The van der Waals surface area contributed by atoms with Crippen LogP contribution in [0.2, 0.25) is 0 Å². The molecule has 5 heteroatoms. The smallest absolute Gasteiger partial charge is 0.185 e. The number of rotatable bonds is 7. The lowest BCUT2D eigenvalue weighted by Crippen LogP contribution is -2.38. The number of nitrogens with zero attached hydrogens (tertiary/aromatic N) is 3. The van der Waals surface area contributed by atoms with E-state index in [0.29, 0.717) is 12.1 Å². The molecule has 1 aromatic heterocycles. The molecule has 20 heavy (non-hydrogen) atoms. The van der Waals surface area contributed by atoms with Crippen molar-refractivity contribution < 1.29 is 0 Å². The summed E-state index contributed by atoms with van der Waals surface area (Å²) in [5, 5.41) is 6.74. The van der Waals surface area contributed by atoms with Gasteiger partial charge < -0.3 is 10.2 Å². The minimum atomic E-state index is 0.509. The van der Waals surface area contributed by atoms with Crippen LogP contribution in [0.4, 0.5) is 5.13 Å². The van der Waals surface area contributed by atoms with Crippen LogP contribution in [0, 0.1) is 0 Å². The van der Waals surface area contributed by atoms with E-state index in [9.17, 15) is 0 Å². The first-order valence-electron chi connectivity index (χ1n) is 7.73. The summed E-state index contributed by atoms with van der Waals surface area (Å²) in [4.78, 5) is 9.65. The zero-order valence-corrected chi connectivity index (χ0v) is 14.0. The standard InChI is InChI=1S/C15H28N4S/c1-5-19-8-6-7-14(19)10-18(4)15-17-13(11-20-15)9-16-12(2)3/h11-12,14,16H,5-10H2,1-4H3. The number of anilines is 1. The molecule has 1 N–H and O–H groups in total. The van der Waals surface area contributed by atoms with Crippen molar-refractivity contribution in [1.82, 2.24) is 15.2 Å². The van der Waals surface area contributed by atoms with Crippen molar-refractivity contribution in [3.05, 3.63) is 11.1 Å². The van der Waals surface area contributed by atoms with Gasteiger partial charge >= 0.3 is 0 Å². The Labute approximate surface area is 127 Å². The van der Waals surface area contributed by atoms with Gasteiger partial charge in [-0.1, -0.05) is 20.8 Å². The van der Waals surface area contributed by atoms with Gasteiger partial charge in [0.2, 0.25) is 0 Å². The van der Waals surface area contributed by atoms with E-state index in [-0.39, 0.29) is 0 Å². The van der Waals surface area contributed by atoms with E-state index in [2.05, 4.69) is 48.3 Å². The molecule has 1 fully saturated rings. The predicted molar refractivity (Wildman–Crippen MR) is 87.6 cm³/mol. The fourth-order valence-electron chi connectivity index (χ4n) is 2.77. The van der Waals surface area contributed by atoms with Crippen LogP contribution in [0.1, 0.15) is 39.3 Å². The largest absolute Gasteiger partial charge is 0.350 e. The van der Waals surface area contributed by atoms with Crippen LogP contribution in [-0.2, 0) is 6.54 Å². The van der Waals surface area contributed by atoms with E-state index >= 15 is 0 Å². The summed E-state index contributed by atoms with van der Waals surface area (Å²) in [7, 11) is 2.17. The Morgan fingerprint density at radius 3 is 3.05 bits per heavy atom. The second-order valence-corrected chi connectivity index (χ2v) is 6.80. The number of hydrogen-bond acceptors (Lipinski definition) is 5. The minimum Gasteiger partial charge on any atom is -0.350 e. The number of likely N-dealkylation sites (tertiary alicyclic amines) is 1. The molecule has 1 atom stereocenters. The number of aromatic nitrogens is 1. The molecular formula is C15H28N4S. The molecule has 1 aromatic rings. The third-order valence-corrected chi connectivity index (χ3v) is 4.95. The normalized spacial score (nSPS) is 19.9. The monoisotopic (exact) mass is 296 g/mol. The van der Waals surface area contributed by atoms with Gasteiger partial charge in [-0.05, 0) is 25.9 Å². The Balaban J connectivity index is 1.87. The number of likely N-dealkylation sites (N-methyl/N-ethyl adjacent to an activating group) is 2. The first-order chi connectivity index (χ1) is 9.60. The van der Waals surface area contributed by atoms with Gasteiger partial charge in [-0.15, -0.1) is 11.3 Å². The van der Waals surface area contributed by atoms with E-state index in [1.54, 1.807) is 11.3 Å². The zero-order valence-electron chi connectivity index (χ0n) is 13.2. The lowest BCUT2D eigenvalue weighted by Gasteiger charge is -2.27. The molecule has 0 aliphatic carbocycles. The van der Waals surface area contributed by atoms with Crippen LogP contribution in [-0.4, -0.2) is 48.6 Å². The van der Waals surface area contributed by atoms with Gasteiger partial charge in [-0.25, -0.2) is 4.98 Å². The molecule has 2 heterocycles. The summed E-state index contributed by atoms with van der Waals surface area (Å²) in [6.45, 7) is 11.0. The first-order valence-corrected chi connectivity index (χ1v) is 8.61. The third-order valence-electron chi connectivity index (χ3n) is 3.95. The molecule has 0 bridgehead atoms. The molecule has 1 aliphatic rings. The SMILES string of the molecule is CCN1CCCC1CN(C)c1nc(CNC(C)C)cs1. The van der Waals surface area contributed by atoms with Crippen molar-refractivity contribution in [3.8, 4) is 0 Å². The van der Waals surface area contributed by atoms with Crippen LogP contribution in [0.15, 0.2) is 5.38 Å². The van der Waals surface area contributed by atoms with Crippen molar-refractivity contribution >= 4 is 16.5 Å². The van der Waals surface area contributed by atoms with Gasteiger partial charge in [0.15, 0.2) is 5.13 Å². The van der Waals surface area contributed by atoms with Gasteiger partial charge in [0.1, 0.15) is 0 Å². The molecule has 0 amide bonds. The molecule has 4 nitrogen and oxygen atoms in total. The molecule has 0 spiro atoms. The van der Waals surface area contributed by atoms with Crippen LogP contribution in [0.25, 0.3) is 0 Å². The molecule has 1 unspecified atom stereocenters. The predicted octanol–water partition coefficient (Wildman–Crippen LogP) is 2.56. The molecule has 0 aromatic carbocycles. The summed E-state index contributed by atoms with van der Waals surface area (Å²) < 4.78 is 0. The number of hydrogen-bond donors (Lipinski definition) is 1. The van der Waals surface area contributed by atoms with Gasteiger partial charge in [0, 0.05) is 37.6 Å². The van der Waals surface area contributed by atoms with Crippen molar-refractivity contribution in [3.63, 3.8) is 0 Å². The van der Waals surface area contributed by atoms with Crippen LogP contribution in [0.3, 0.4) is 0 Å². The second kappa shape index (κ2) is 7.38. The highest BCUT2D eigenvalue weighted by atomic mass is 32.1. The highest BCUT2D eigenvalue weighted by molar-refractivity contribution is 7.13. The molecule has 0 saturated carbocycles. The summed E-state index contributed by atoms with van der Waals surface area (Å²) in [5.41, 5.74) is 1.16. The molecular weight excluding hydrogens is 268 g/mol. The maximum Gasteiger partial charge on any atom is 0.185 e. The topological polar surface area (TPSA) is 31.4 Å². The Hall–Kier alpha value is -0.650. The van der Waals surface area contributed by atoms with E-state index in [4.69, 9.17) is 4.98 Å². The Morgan fingerprint density at radius 1 is 1.55 bits per heavy atom. The fourth-order valence-corrected chi connectivity index (χ4v) is 3.58. The second-order valence-electron chi connectivity index (χ2n) is 5.96. The summed E-state index contributed by atoms with van der Waals surface area (Å²) in [5.74, 6) is 0. The van der Waals surface area contributed by atoms with Gasteiger partial charge in [-0.2, -0.15) is 0 Å². The van der Waals surface area contributed by atoms with Crippen molar-refractivity contribution in [2.45, 2.75) is 52.2 Å². The first kappa shape index (κ1) is 15.7. The van der Waals surface area contributed by atoms with Gasteiger partial charge in [0.05, 0.1) is 5.69 Å². The maximum absolute atomic E-state index is 4.74. The molecule has 1 aliphatic heterocycles. The summed E-state index contributed by atoms with van der Waals surface area (Å²) in [6.07, 6.45) is 2.67. The van der Waals surface area contributed by atoms with E-state index in [0.717, 1.165) is 23.9 Å². The average molecular weight is 296 g/mol. The zero-order chi connectivity index (χ0) is 14.5. The highest BCUT2D eigenvalue weighted by Gasteiger charge is 2.24. The van der Waals surface area contributed by atoms with Gasteiger partial charge in [-0.3, -0.25) is 4.90 Å². The summed E-state index contributed by atoms with van der Waals surface area (Å²) >= 11 is 1.76.